The van der Waals surface area contributed by atoms with E-state index in [1.54, 1.807) is 56.8 Å². The van der Waals surface area contributed by atoms with E-state index >= 15 is 0 Å². The number of benzene rings is 3. The highest BCUT2D eigenvalue weighted by Crippen LogP contribution is 2.45. The van der Waals surface area contributed by atoms with Crippen LogP contribution in [-0.4, -0.2) is 60.6 Å². The van der Waals surface area contributed by atoms with E-state index in [1.165, 1.54) is 29.5 Å². The van der Waals surface area contributed by atoms with Crippen molar-refractivity contribution in [1.29, 1.82) is 0 Å². The maximum atomic E-state index is 14.2. The zero-order chi connectivity index (χ0) is 31.3. The van der Waals surface area contributed by atoms with Gasteiger partial charge in [0.2, 0.25) is 5.95 Å². The van der Waals surface area contributed by atoms with Crippen LogP contribution in [0.3, 0.4) is 0 Å². The highest BCUT2D eigenvalue weighted by molar-refractivity contribution is 8.00. The smallest absolute Gasteiger partial charge is 0.227 e. The second-order valence-electron chi connectivity index (χ2n) is 9.69. The molecule has 0 spiro atoms. The standard InChI is InChI=1S/C31H28F2N6O4S2/c1-41-24-10-9-18(17-25(24)42-2)35-30-34-12-11-23(36-30)29-26(37-31(44-29)39-13-15-43-16-14-39)19-5-3-8-22(27(19)40)38-45-28-20(32)6-4-7-21(28)33/h3-12,17,38,40H,13-16H2,1-2H3,(H,34,35,36). The molecule has 3 heterocycles. The first-order valence-corrected chi connectivity index (χ1v) is 15.4. The Morgan fingerprint density at radius 1 is 0.956 bits per heavy atom. The molecule has 10 nitrogen and oxygen atoms in total. The minimum Gasteiger partial charge on any atom is -0.505 e. The molecular weight excluding hydrogens is 623 g/mol. The number of hydrogen-bond acceptors (Lipinski definition) is 12. The summed E-state index contributed by atoms with van der Waals surface area (Å²) >= 11 is 2.17. The Morgan fingerprint density at radius 3 is 2.47 bits per heavy atom. The molecule has 0 aliphatic carbocycles. The molecule has 45 heavy (non-hydrogen) atoms. The monoisotopic (exact) mass is 650 g/mol. The quantitative estimate of drug-likeness (QED) is 0.108. The van der Waals surface area contributed by atoms with Crippen LogP contribution in [0.2, 0.25) is 0 Å². The number of nitrogens with one attached hydrogen (secondary N) is 2. The summed E-state index contributed by atoms with van der Waals surface area (Å²) in [7, 11) is 3.13. The molecule has 1 aliphatic heterocycles. The Morgan fingerprint density at radius 2 is 1.71 bits per heavy atom. The SMILES string of the molecule is COc1ccc(Nc2nccc(-c3sc(N4CCOCC4)nc3-c3cccc(NSc4c(F)cccc4F)c3O)n2)cc1OC. The van der Waals surface area contributed by atoms with E-state index in [1.807, 2.05) is 6.07 Å². The van der Waals surface area contributed by atoms with Gasteiger partial charge in [0.05, 0.1) is 54.3 Å². The Hall–Kier alpha value is -4.66. The van der Waals surface area contributed by atoms with Gasteiger partial charge in [-0.3, -0.25) is 0 Å². The van der Waals surface area contributed by atoms with Crippen LogP contribution in [0.5, 0.6) is 17.2 Å². The van der Waals surface area contributed by atoms with E-state index in [4.69, 9.17) is 24.2 Å². The number of aromatic hydroxyl groups is 1. The molecule has 1 fully saturated rings. The van der Waals surface area contributed by atoms with Gasteiger partial charge in [-0.1, -0.05) is 23.5 Å². The topological polar surface area (TPSA) is 114 Å². The number of morpholine rings is 1. The lowest BCUT2D eigenvalue weighted by Crippen LogP contribution is -2.36. The van der Waals surface area contributed by atoms with E-state index in [2.05, 4.69) is 19.9 Å². The minimum absolute atomic E-state index is 0.125. The van der Waals surface area contributed by atoms with E-state index < -0.39 is 11.6 Å². The fourth-order valence-corrected chi connectivity index (χ4v) is 6.46. The molecule has 0 radical (unpaired) electrons. The zero-order valence-corrected chi connectivity index (χ0v) is 25.8. The van der Waals surface area contributed by atoms with E-state index in [0.29, 0.717) is 71.3 Å². The second kappa shape index (κ2) is 13.5. The van der Waals surface area contributed by atoms with Gasteiger partial charge < -0.3 is 34.3 Å². The number of phenolic OH excluding ortho intramolecular Hbond substituents is 1. The Bertz CT molecular complexity index is 1800. The first-order valence-electron chi connectivity index (χ1n) is 13.8. The normalized spacial score (nSPS) is 13.0. The van der Waals surface area contributed by atoms with Crippen molar-refractivity contribution >= 4 is 45.7 Å². The third-order valence-electron chi connectivity index (χ3n) is 6.90. The molecule has 0 saturated carbocycles. The average Bonchev–Trinajstić information content (AvgIpc) is 3.51. The minimum atomic E-state index is -0.707. The molecule has 6 rings (SSSR count). The lowest BCUT2D eigenvalue weighted by atomic mass is 10.1. The van der Waals surface area contributed by atoms with Crippen molar-refractivity contribution in [1.82, 2.24) is 15.0 Å². The molecule has 3 aromatic carbocycles. The molecule has 3 N–H and O–H groups in total. The molecule has 0 amide bonds. The van der Waals surface area contributed by atoms with Crippen molar-refractivity contribution in [3.63, 3.8) is 0 Å². The van der Waals surface area contributed by atoms with Gasteiger partial charge in [-0.25, -0.2) is 23.7 Å². The molecule has 0 unspecified atom stereocenters. The number of rotatable bonds is 10. The molecular formula is C31H28F2N6O4S2. The van der Waals surface area contributed by atoms with Crippen molar-refractivity contribution in [3.8, 4) is 39.1 Å². The maximum absolute atomic E-state index is 14.2. The first-order chi connectivity index (χ1) is 21.9. The van der Waals surface area contributed by atoms with Crippen LogP contribution in [0.25, 0.3) is 21.8 Å². The van der Waals surface area contributed by atoms with Gasteiger partial charge in [0.15, 0.2) is 16.6 Å². The third kappa shape index (κ3) is 6.57. The number of thiazole rings is 1. The summed E-state index contributed by atoms with van der Waals surface area (Å²) in [6.07, 6.45) is 1.64. The summed E-state index contributed by atoms with van der Waals surface area (Å²) in [6.45, 7) is 2.48. The summed E-state index contributed by atoms with van der Waals surface area (Å²) in [6, 6.07) is 15.9. The lowest BCUT2D eigenvalue weighted by Gasteiger charge is -2.26. The molecule has 1 saturated heterocycles. The van der Waals surface area contributed by atoms with Gasteiger partial charge in [0, 0.05) is 36.6 Å². The van der Waals surface area contributed by atoms with Crippen LogP contribution in [0.4, 0.5) is 31.2 Å². The summed E-state index contributed by atoms with van der Waals surface area (Å²) in [5.74, 6) is -0.0489. The summed E-state index contributed by atoms with van der Waals surface area (Å²) in [5, 5.41) is 15.3. The predicted octanol–water partition coefficient (Wildman–Crippen LogP) is 6.97. The van der Waals surface area contributed by atoms with Crippen LogP contribution in [-0.2, 0) is 4.74 Å². The predicted molar refractivity (Wildman–Crippen MR) is 172 cm³/mol. The Kier molecular flexibility index (Phi) is 9.14. The Labute approximate surface area is 266 Å². The molecule has 232 valence electrons. The van der Waals surface area contributed by atoms with Crippen molar-refractivity contribution in [2.75, 3.05) is 55.5 Å². The molecule has 5 aromatic rings. The summed E-state index contributed by atoms with van der Waals surface area (Å²) in [4.78, 5) is 16.7. The van der Waals surface area contributed by atoms with Gasteiger partial charge in [-0.05, 0) is 54.4 Å². The van der Waals surface area contributed by atoms with Crippen molar-refractivity contribution < 1.29 is 28.1 Å². The Balaban J connectivity index is 1.36. The average molecular weight is 651 g/mol. The molecule has 2 aromatic heterocycles. The molecule has 1 aliphatic rings. The maximum Gasteiger partial charge on any atom is 0.227 e. The van der Waals surface area contributed by atoms with Crippen LogP contribution in [0.15, 0.2) is 71.8 Å². The fraction of sp³-hybridized carbons (Fsp3) is 0.194. The zero-order valence-electron chi connectivity index (χ0n) is 24.2. The lowest BCUT2D eigenvalue weighted by molar-refractivity contribution is 0.122. The van der Waals surface area contributed by atoms with Crippen LogP contribution < -0.4 is 24.4 Å². The summed E-state index contributed by atoms with van der Waals surface area (Å²) in [5.41, 5.74) is 2.48. The fourth-order valence-electron chi connectivity index (χ4n) is 4.65. The molecule has 0 atom stereocenters. The third-order valence-corrected chi connectivity index (χ3v) is 8.95. The number of halogens is 2. The van der Waals surface area contributed by atoms with Crippen LogP contribution >= 0.6 is 23.3 Å². The van der Waals surface area contributed by atoms with Gasteiger partial charge in [-0.2, -0.15) is 0 Å². The van der Waals surface area contributed by atoms with Crippen LogP contribution in [0.1, 0.15) is 0 Å². The number of nitrogens with zero attached hydrogens (tertiary/aromatic N) is 4. The van der Waals surface area contributed by atoms with Crippen molar-refractivity contribution in [2.24, 2.45) is 0 Å². The van der Waals surface area contributed by atoms with E-state index in [9.17, 15) is 13.9 Å². The number of aromatic nitrogens is 3. The number of methoxy groups -OCH3 is 2. The second-order valence-corrected chi connectivity index (χ2v) is 11.5. The number of hydrogen-bond donors (Lipinski definition) is 3. The van der Waals surface area contributed by atoms with E-state index in [0.717, 1.165) is 17.1 Å². The van der Waals surface area contributed by atoms with Crippen molar-refractivity contribution in [2.45, 2.75) is 4.90 Å². The van der Waals surface area contributed by atoms with Gasteiger partial charge >= 0.3 is 0 Å². The number of para-hydroxylation sites is 1. The first kappa shape index (κ1) is 30.4. The number of phenols is 1. The largest absolute Gasteiger partial charge is 0.505 e. The summed E-state index contributed by atoms with van der Waals surface area (Å²) < 4.78 is 47.7. The van der Waals surface area contributed by atoms with Gasteiger partial charge in [-0.15, -0.1) is 0 Å². The van der Waals surface area contributed by atoms with Gasteiger partial charge in [0.25, 0.3) is 0 Å². The molecule has 14 heteroatoms. The number of ether oxygens (including phenoxy) is 3. The van der Waals surface area contributed by atoms with E-state index in [-0.39, 0.29) is 16.3 Å². The van der Waals surface area contributed by atoms with Gasteiger partial charge in [0.1, 0.15) is 17.4 Å². The highest BCUT2D eigenvalue weighted by atomic mass is 32.2. The van der Waals surface area contributed by atoms with Crippen molar-refractivity contribution in [3.05, 3.63) is 78.5 Å². The number of anilines is 4. The highest BCUT2D eigenvalue weighted by Gasteiger charge is 2.24. The van der Waals surface area contributed by atoms with Crippen LogP contribution in [0, 0.1) is 11.6 Å². The molecule has 0 bridgehead atoms.